The van der Waals surface area contributed by atoms with Gasteiger partial charge in [0.05, 0.1) is 23.2 Å². The number of nitrogens with zero attached hydrogens (tertiary/aromatic N) is 4. The minimum atomic E-state index is -0.159. The van der Waals surface area contributed by atoms with E-state index in [4.69, 9.17) is 9.72 Å². The highest BCUT2D eigenvalue weighted by molar-refractivity contribution is 9.10. The molecule has 0 bridgehead atoms. The molecule has 0 radical (unpaired) electrons. The maximum Gasteiger partial charge on any atom is 0.282 e. The topological polar surface area (TPSA) is 61.4 Å². The van der Waals surface area contributed by atoms with Crippen molar-refractivity contribution in [3.05, 3.63) is 86.1 Å². The number of aryl methyl sites for hydroxylation is 2. The van der Waals surface area contributed by atoms with Crippen molar-refractivity contribution in [3.8, 4) is 11.4 Å². The molecule has 0 aliphatic rings. The average molecular weight is 535 g/mol. The van der Waals surface area contributed by atoms with E-state index in [-0.39, 0.29) is 11.7 Å². The van der Waals surface area contributed by atoms with E-state index < -0.39 is 0 Å². The zero-order chi connectivity index (χ0) is 25.1. The number of halogens is 1. The average Bonchev–Trinajstić information content (AvgIpc) is 3.10. The van der Waals surface area contributed by atoms with Crippen LogP contribution in [0.2, 0.25) is 0 Å². The molecule has 7 heteroatoms. The lowest BCUT2D eigenvalue weighted by Crippen LogP contribution is -2.22. The summed E-state index contributed by atoms with van der Waals surface area (Å²) >= 11 is 3.46. The highest BCUT2D eigenvalue weighted by Gasteiger charge is 2.13. The molecule has 182 valence electrons. The monoisotopic (exact) mass is 534 g/mol. The molecule has 4 rings (SSSR count). The van der Waals surface area contributed by atoms with Gasteiger partial charge in [0.25, 0.3) is 5.56 Å². The lowest BCUT2D eigenvalue weighted by molar-refractivity contribution is 0.242. The van der Waals surface area contributed by atoms with E-state index >= 15 is 0 Å². The van der Waals surface area contributed by atoms with E-state index in [2.05, 4.69) is 64.6 Å². The van der Waals surface area contributed by atoms with Crippen molar-refractivity contribution in [3.63, 3.8) is 0 Å². The second-order valence-corrected chi connectivity index (χ2v) is 9.89. The molecule has 0 atom stereocenters. The second kappa shape index (κ2) is 10.6. The van der Waals surface area contributed by atoms with Gasteiger partial charge >= 0.3 is 0 Å². The van der Waals surface area contributed by atoms with E-state index in [9.17, 15) is 4.79 Å². The highest BCUT2D eigenvalue weighted by Crippen LogP contribution is 2.23. The first-order valence-corrected chi connectivity index (χ1v) is 12.8. The number of rotatable bonds is 8. The maximum atomic E-state index is 13.3. The van der Waals surface area contributed by atoms with Crippen LogP contribution < -0.4 is 10.3 Å². The van der Waals surface area contributed by atoms with Gasteiger partial charge in [-0.1, -0.05) is 29.3 Å². The van der Waals surface area contributed by atoms with E-state index in [0.717, 1.165) is 45.7 Å². The van der Waals surface area contributed by atoms with Gasteiger partial charge in [0.15, 0.2) is 0 Å². The lowest BCUT2D eigenvalue weighted by Gasteiger charge is -2.13. The van der Waals surface area contributed by atoms with Crippen LogP contribution in [0.5, 0.6) is 5.75 Å². The quantitative estimate of drug-likeness (QED) is 0.240. The van der Waals surface area contributed by atoms with Gasteiger partial charge in [-0.15, -0.1) is 0 Å². The van der Waals surface area contributed by atoms with Crippen molar-refractivity contribution >= 4 is 33.0 Å². The van der Waals surface area contributed by atoms with Crippen molar-refractivity contribution in [2.24, 2.45) is 5.10 Å². The van der Waals surface area contributed by atoms with E-state index in [0.29, 0.717) is 23.1 Å². The van der Waals surface area contributed by atoms with Crippen molar-refractivity contribution < 1.29 is 4.74 Å². The normalized spacial score (nSPS) is 11.7. The van der Waals surface area contributed by atoms with E-state index in [1.54, 1.807) is 12.3 Å². The van der Waals surface area contributed by atoms with E-state index in [1.807, 2.05) is 38.1 Å². The Hall–Kier alpha value is -3.19. The lowest BCUT2D eigenvalue weighted by atomic mass is 10.2. The third kappa shape index (κ3) is 5.40. The number of benzene rings is 2. The van der Waals surface area contributed by atoms with Crippen LogP contribution >= 0.6 is 15.9 Å². The number of fused-ring (bicyclic) bond motifs is 1. The van der Waals surface area contributed by atoms with Crippen molar-refractivity contribution in [1.82, 2.24) is 14.2 Å². The number of aromatic nitrogens is 3. The standard InChI is InChI=1S/C28H31BrN4O2/c1-6-7-8-27-31-26-14-9-22(29)16-25(26)28(34)33(27)30-17-21-15-19(4)32(20(21)5)23-10-12-24(13-11-23)35-18(2)3/h9-18H,6-8H2,1-5H3. The fraction of sp³-hybridized carbons (Fsp3) is 0.321. The Morgan fingerprint density at radius 2 is 1.86 bits per heavy atom. The maximum absolute atomic E-state index is 13.3. The molecular weight excluding hydrogens is 504 g/mol. The van der Waals surface area contributed by atoms with Crippen LogP contribution in [0.15, 0.2) is 62.9 Å². The molecule has 0 aliphatic heterocycles. The zero-order valence-electron chi connectivity index (χ0n) is 20.9. The molecule has 0 aliphatic carbocycles. The summed E-state index contributed by atoms with van der Waals surface area (Å²) in [5.74, 6) is 1.53. The van der Waals surface area contributed by atoms with E-state index in [1.165, 1.54) is 4.68 Å². The van der Waals surface area contributed by atoms with Gasteiger partial charge in [0.2, 0.25) is 0 Å². The molecule has 2 heterocycles. The van der Waals surface area contributed by atoms with Gasteiger partial charge in [-0.05, 0) is 82.6 Å². The minimum Gasteiger partial charge on any atom is -0.491 e. The molecule has 0 spiro atoms. The van der Waals surface area contributed by atoms with Gasteiger partial charge in [-0.2, -0.15) is 9.78 Å². The molecule has 2 aromatic carbocycles. The van der Waals surface area contributed by atoms with Crippen LogP contribution in [0.1, 0.15) is 56.4 Å². The fourth-order valence-corrected chi connectivity index (χ4v) is 4.55. The van der Waals surface area contributed by atoms with Crippen LogP contribution in [0.3, 0.4) is 0 Å². The van der Waals surface area contributed by atoms with Crippen LogP contribution in [-0.4, -0.2) is 26.5 Å². The zero-order valence-corrected chi connectivity index (χ0v) is 22.5. The predicted octanol–water partition coefficient (Wildman–Crippen LogP) is 6.58. The molecule has 0 unspecified atom stereocenters. The Kier molecular flexibility index (Phi) is 7.55. The first kappa shape index (κ1) is 24.9. The molecule has 0 N–H and O–H groups in total. The Labute approximate surface area is 214 Å². The van der Waals surface area contributed by atoms with Crippen molar-refractivity contribution in [1.29, 1.82) is 0 Å². The molecule has 0 saturated heterocycles. The van der Waals surface area contributed by atoms with Gasteiger partial charge in [-0.3, -0.25) is 4.79 Å². The minimum absolute atomic E-state index is 0.134. The van der Waals surface area contributed by atoms with Crippen LogP contribution in [-0.2, 0) is 6.42 Å². The molecular formula is C28H31BrN4O2. The summed E-state index contributed by atoms with van der Waals surface area (Å²) in [6, 6.07) is 15.7. The third-order valence-electron chi connectivity index (χ3n) is 5.88. The summed E-state index contributed by atoms with van der Waals surface area (Å²) in [5.41, 5.74) is 4.66. The number of hydrogen-bond acceptors (Lipinski definition) is 4. The Bertz CT molecular complexity index is 1430. The first-order chi connectivity index (χ1) is 16.8. The molecule has 35 heavy (non-hydrogen) atoms. The predicted molar refractivity (Wildman–Crippen MR) is 146 cm³/mol. The molecule has 6 nitrogen and oxygen atoms in total. The molecule has 4 aromatic rings. The fourth-order valence-electron chi connectivity index (χ4n) is 4.19. The van der Waals surface area contributed by atoms with Gasteiger partial charge in [0, 0.05) is 33.5 Å². The summed E-state index contributed by atoms with van der Waals surface area (Å²) in [7, 11) is 0. The smallest absolute Gasteiger partial charge is 0.282 e. The number of unbranched alkanes of at least 4 members (excludes halogenated alkanes) is 1. The first-order valence-electron chi connectivity index (χ1n) is 12.0. The van der Waals surface area contributed by atoms with Crippen molar-refractivity contribution in [2.75, 3.05) is 0 Å². The van der Waals surface area contributed by atoms with Crippen LogP contribution in [0.4, 0.5) is 0 Å². The van der Waals surface area contributed by atoms with Crippen LogP contribution in [0, 0.1) is 13.8 Å². The van der Waals surface area contributed by atoms with Gasteiger partial charge in [0.1, 0.15) is 11.6 Å². The molecule has 0 amide bonds. The number of hydrogen-bond donors (Lipinski definition) is 0. The van der Waals surface area contributed by atoms with Crippen molar-refractivity contribution in [2.45, 2.75) is 60.0 Å². The van der Waals surface area contributed by atoms with Gasteiger partial charge < -0.3 is 9.30 Å². The number of ether oxygens (including phenoxy) is 1. The largest absolute Gasteiger partial charge is 0.491 e. The summed E-state index contributed by atoms with van der Waals surface area (Å²) in [4.78, 5) is 18.1. The Morgan fingerprint density at radius 3 is 2.54 bits per heavy atom. The molecule has 0 fully saturated rings. The SMILES string of the molecule is CCCCc1nc2ccc(Br)cc2c(=O)n1N=Cc1cc(C)n(-c2ccc(OC(C)C)cc2)c1C. The summed E-state index contributed by atoms with van der Waals surface area (Å²) in [6.45, 7) is 10.3. The summed E-state index contributed by atoms with van der Waals surface area (Å²) < 4.78 is 10.2. The van der Waals surface area contributed by atoms with Crippen LogP contribution in [0.25, 0.3) is 16.6 Å². The van der Waals surface area contributed by atoms with Gasteiger partial charge in [-0.25, -0.2) is 4.98 Å². The highest BCUT2D eigenvalue weighted by atomic mass is 79.9. The summed E-state index contributed by atoms with van der Waals surface area (Å²) in [6.07, 6.45) is 4.54. The Morgan fingerprint density at radius 1 is 1.11 bits per heavy atom. The summed E-state index contributed by atoms with van der Waals surface area (Å²) in [5, 5.41) is 5.18. The molecule has 2 aromatic heterocycles. The second-order valence-electron chi connectivity index (χ2n) is 8.98. The Balaban J connectivity index is 1.73. The third-order valence-corrected chi connectivity index (χ3v) is 6.37. The molecule has 0 saturated carbocycles.